The topological polar surface area (TPSA) is 3.24 Å². The molecule has 4 heteroatoms. The van der Waals surface area contributed by atoms with Crippen LogP contribution in [0.3, 0.4) is 0 Å². The minimum Gasteiger partial charge on any atom is -0.368 e. The van der Waals surface area contributed by atoms with E-state index in [1.54, 1.807) is 17.8 Å². The molecule has 0 N–H and O–H groups in total. The smallest absolute Gasteiger partial charge is 0.146 e. The number of alkyl halides is 1. The average Bonchev–Trinajstić information content (AvgIpc) is 2.35. The molecule has 0 aliphatic carbocycles. The Hall–Kier alpha value is -0.220. The van der Waals surface area contributed by atoms with E-state index in [1.807, 2.05) is 24.1 Å². The molecule has 0 aliphatic heterocycles. The van der Waals surface area contributed by atoms with E-state index in [4.69, 9.17) is 0 Å². The average molecular weight is 320 g/mol. The number of thioether (sulfide) groups is 1. The second-order valence-electron chi connectivity index (χ2n) is 4.05. The quantitative estimate of drug-likeness (QED) is 0.719. The van der Waals surface area contributed by atoms with Crippen molar-refractivity contribution in [2.24, 2.45) is 0 Å². The van der Waals surface area contributed by atoms with Gasteiger partial charge in [0.1, 0.15) is 5.82 Å². The summed E-state index contributed by atoms with van der Waals surface area (Å²) in [4.78, 5) is 2.05. The van der Waals surface area contributed by atoms with E-state index in [9.17, 15) is 4.39 Å². The molecule has 0 bridgehead atoms. The second-order valence-corrected chi connectivity index (χ2v) is 5.52. The van der Waals surface area contributed by atoms with E-state index in [1.165, 1.54) is 0 Å². The zero-order valence-corrected chi connectivity index (χ0v) is 12.9. The van der Waals surface area contributed by atoms with Gasteiger partial charge < -0.3 is 4.90 Å². The summed E-state index contributed by atoms with van der Waals surface area (Å²) in [5.74, 6) is 0.885. The third-order valence-electron chi connectivity index (χ3n) is 2.92. The number of nitrogens with zero attached hydrogens (tertiary/aromatic N) is 1. The van der Waals surface area contributed by atoms with Crippen molar-refractivity contribution in [2.45, 2.75) is 24.7 Å². The van der Waals surface area contributed by atoms with E-state index in [0.29, 0.717) is 17.1 Å². The van der Waals surface area contributed by atoms with Gasteiger partial charge in [0, 0.05) is 24.2 Å². The van der Waals surface area contributed by atoms with Crippen LogP contribution in [0.2, 0.25) is 0 Å². The van der Waals surface area contributed by atoms with E-state index < -0.39 is 0 Å². The van der Waals surface area contributed by atoms with E-state index >= 15 is 0 Å². The molecule has 0 saturated heterocycles. The number of hydrogen-bond acceptors (Lipinski definition) is 2. The Morgan fingerprint density at radius 3 is 2.65 bits per heavy atom. The van der Waals surface area contributed by atoms with Gasteiger partial charge in [-0.2, -0.15) is 11.8 Å². The van der Waals surface area contributed by atoms with Crippen molar-refractivity contribution in [3.8, 4) is 0 Å². The van der Waals surface area contributed by atoms with Crippen molar-refractivity contribution < 1.29 is 4.39 Å². The summed E-state index contributed by atoms with van der Waals surface area (Å²) in [5.41, 5.74) is 1.66. The van der Waals surface area contributed by atoms with Crippen molar-refractivity contribution in [1.82, 2.24) is 0 Å². The molecule has 0 saturated carbocycles. The zero-order chi connectivity index (χ0) is 12.8. The molecule has 0 heterocycles. The lowest BCUT2D eigenvalue weighted by molar-refractivity contribution is 0.601. The molecule has 17 heavy (non-hydrogen) atoms. The first-order chi connectivity index (χ1) is 8.13. The first-order valence-electron chi connectivity index (χ1n) is 5.70. The highest BCUT2D eigenvalue weighted by Crippen LogP contribution is 2.24. The maximum atomic E-state index is 14.0. The fourth-order valence-corrected chi connectivity index (χ4v) is 3.01. The lowest BCUT2D eigenvalue weighted by Crippen LogP contribution is -2.33. The minimum atomic E-state index is -0.135. The van der Waals surface area contributed by atoms with Gasteiger partial charge in [-0.1, -0.05) is 28.9 Å². The molecule has 1 atom stereocenters. The van der Waals surface area contributed by atoms with Crippen LogP contribution in [0, 0.1) is 5.82 Å². The molecule has 1 aromatic rings. The highest BCUT2D eigenvalue weighted by Gasteiger charge is 2.16. The Morgan fingerprint density at radius 1 is 1.47 bits per heavy atom. The highest BCUT2D eigenvalue weighted by atomic mass is 79.9. The van der Waals surface area contributed by atoms with Crippen LogP contribution in [-0.4, -0.2) is 25.1 Å². The molecule has 0 aromatic heterocycles. The predicted octanol–water partition coefficient (Wildman–Crippen LogP) is 4.30. The molecular weight excluding hydrogens is 301 g/mol. The number of rotatable bonds is 6. The summed E-state index contributed by atoms with van der Waals surface area (Å²) < 4.78 is 14.0. The normalized spacial score (nSPS) is 12.5. The summed E-state index contributed by atoms with van der Waals surface area (Å²) in [6, 6.07) is 5.82. The molecule has 1 nitrogen and oxygen atoms in total. The lowest BCUT2D eigenvalue weighted by Gasteiger charge is -2.29. The molecule has 0 radical (unpaired) electrons. The van der Waals surface area contributed by atoms with Gasteiger partial charge in [0.05, 0.1) is 5.69 Å². The molecule has 1 unspecified atom stereocenters. The predicted molar refractivity (Wildman–Crippen MR) is 79.9 cm³/mol. The van der Waals surface area contributed by atoms with E-state index in [2.05, 4.69) is 29.1 Å². The van der Waals surface area contributed by atoms with Crippen molar-refractivity contribution >= 4 is 33.4 Å². The lowest BCUT2D eigenvalue weighted by atomic mass is 10.1. The Morgan fingerprint density at radius 2 is 2.18 bits per heavy atom. The maximum absolute atomic E-state index is 14.0. The van der Waals surface area contributed by atoms with Crippen molar-refractivity contribution in [3.05, 3.63) is 29.6 Å². The van der Waals surface area contributed by atoms with Crippen LogP contribution in [0.15, 0.2) is 18.2 Å². The summed E-state index contributed by atoms with van der Waals surface area (Å²) in [6.45, 7) is 2.14. The largest absolute Gasteiger partial charge is 0.368 e. The van der Waals surface area contributed by atoms with Crippen LogP contribution in [0.25, 0.3) is 0 Å². The van der Waals surface area contributed by atoms with Gasteiger partial charge in [-0.3, -0.25) is 0 Å². The van der Waals surface area contributed by atoms with Crippen LogP contribution < -0.4 is 4.90 Å². The summed E-state index contributed by atoms with van der Waals surface area (Å²) in [5, 5.41) is 0.690. The molecule has 1 rings (SSSR count). The second kappa shape index (κ2) is 7.27. The van der Waals surface area contributed by atoms with Crippen LogP contribution in [-0.2, 0) is 5.33 Å². The zero-order valence-electron chi connectivity index (χ0n) is 10.5. The Kier molecular flexibility index (Phi) is 6.34. The van der Waals surface area contributed by atoms with Crippen molar-refractivity contribution in [3.63, 3.8) is 0 Å². The molecule has 96 valence electrons. The number of hydrogen-bond donors (Lipinski definition) is 0. The van der Waals surface area contributed by atoms with Crippen LogP contribution in [0.1, 0.15) is 18.9 Å². The Labute approximate surface area is 116 Å². The van der Waals surface area contributed by atoms with Gasteiger partial charge in [0.15, 0.2) is 0 Å². The maximum Gasteiger partial charge on any atom is 0.146 e. The van der Waals surface area contributed by atoms with Gasteiger partial charge in [-0.25, -0.2) is 4.39 Å². The third-order valence-corrected chi connectivity index (χ3v) is 4.29. The molecular formula is C13H19BrFNS. The fraction of sp³-hybridized carbons (Fsp3) is 0.538. The SMILES string of the molecule is CCC(CSC)N(C)c1ccc(CBr)cc1F. The molecule has 0 fully saturated rings. The number of benzene rings is 1. The third kappa shape index (κ3) is 3.88. The van der Waals surface area contributed by atoms with Gasteiger partial charge in [-0.15, -0.1) is 0 Å². The molecule has 0 amide bonds. The summed E-state index contributed by atoms with van der Waals surface area (Å²) in [7, 11) is 1.97. The fourth-order valence-electron chi connectivity index (χ4n) is 1.81. The summed E-state index contributed by atoms with van der Waals surface area (Å²) >= 11 is 5.14. The highest BCUT2D eigenvalue weighted by molar-refractivity contribution is 9.08. The van der Waals surface area contributed by atoms with Gasteiger partial charge >= 0.3 is 0 Å². The van der Waals surface area contributed by atoms with E-state index in [-0.39, 0.29) is 5.82 Å². The number of anilines is 1. The van der Waals surface area contributed by atoms with Crippen LogP contribution in [0.5, 0.6) is 0 Å². The molecule has 1 aromatic carbocycles. The van der Waals surface area contributed by atoms with Gasteiger partial charge in [0.2, 0.25) is 0 Å². The van der Waals surface area contributed by atoms with Gasteiger partial charge in [-0.05, 0) is 30.4 Å². The monoisotopic (exact) mass is 319 g/mol. The molecule has 0 aliphatic rings. The van der Waals surface area contributed by atoms with Gasteiger partial charge in [0.25, 0.3) is 0 Å². The molecule has 0 spiro atoms. The standard InChI is InChI=1S/C13H19BrFNS/c1-4-11(9-17-3)16(2)13-6-5-10(8-14)7-12(13)15/h5-7,11H,4,8-9H2,1-3H3. The summed E-state index contributed by atoms with van der Waals surface area (Å²) in [6.07, 6.45) is 3.11. The van der Waals surface area contributed by atoms with Crippen LogP contribution in [0.4, 0.5) is 10.1 Å². The van der Waals surface area contributed by atoms with Crippen molar-refractivity contribution in [2.75, 3.05) is 24.0 Å². The van der Waals surface area contributed by atoms with Crippen molar-refractivity contribution in [1.29, 1.82) is 0 Å². The number of halogens is 2. The van der Waals surface area contributed by atoms with E-state index in [0.717, 1.165) is 17.7 Å². The first-order valence-corrected chi connectivity index (χ1v) is 8.21. The Balaban J connectivity index is 2.90. The minimum absolute atomic E-state index is 0.135. The van der Waals surface area contributed by atoms with Crippen LogP contribution >= 0.6 is 27.7 Å². The Bertz CT molecular complexity index is 359. The first kappa shape index (κ1) is 14.8.